The van der Waals surface area contributed by atoms with Gasteiger partial charge in [0.1, 0.15) is 0 Å². The van der Waals surface area contributed by atoms with Gasteiger partial charge in [-0.25, -0.2) is 4.98 Å². The molecule has 0 saturated carbocycles. The number of hydrogen-bond acceptors (Lipinski definition) is 4. The second-order valence-electron chi connectivity index (χ2n) is 5.98. The summed E-state index contributed by atoms with van der Waals surface area (Å²) in [6.45, 7) is 2.04. The van der Waals surface area contributed by atoms with Gasteiger partial charge < -0.3 is 10.1 Å². The van der Waals surface area contributed by atoms with Crippen molar-refractivity contribution in [3.8, 4) is 11.3 Å². The van der Waals surface area contributed by atoms with E-state index < -0.39 is 0 Å². The minimum absolute atomic E-state index is 0.00909. The molecule has 0 bridgehead atoms. The molecular formula is C20H17N3O2S. The van der Waals surface area contributed by atoms with E-state index in [0.717, 1.165) is 32.4 Å². The van der Waals surface area contributed by atoms with Gasteiger partial charge in [-0.1, -0.05) is 24.3 Å². The number of rotatable bonds is 5. The predicted octanol–water partition coefficient (Wildman–Crippen LogP) is 4.09. The number of benzene rings is 1. The van der Waals surface area contributed by atoms with Crippen molar-refractivity contribution >= 4 is 28.2 Å². The molecule has 2 N–H and O–H groups in total. The average molecular weight is 363 g/mol. The highest BCUT2D eigenvalue weighted by atomic mass is 32.1. The fourth-order valence-corrected chi connectivity index (χ4v) is 3.67. The number of aromatic amines is 1. The fourth-order valence-electron chi connectivity index (χ4n) is 2.84. The van der Waals surface area contributed by atoms with Crippen LogP contribution in [-0.2, 0) is 6.61 Å². The van der Waals surface area contributed by atoms with E-state index in [0.29, 0.717) is 5.69 Å². The SMILES string of the molecule is Cc1cn2c(/C=C/C(=O)c3ccc[nH]3)c(-c3ccc(CO)cc3)nc2s1. The van der Waals surface area contributed by atoms with E-state index in [1.165, 1.54) is 0 Å². The van der Waals surface area contributed by atoms with Crippen LogP contribution >= 0.6 is 11.3 Å². The molecule has 0 saturated heterocycles. The Labute approximate surface area is 154 Å². The van der Waals surface area contributed by atoms with E-state index in [1.807, 2.05) is 47.9 Å². The number of thiazole rings is 1. The monoisotopic (exact) mass is 363 g/mol. The molecule has 0 atom stereocenters. The normalized spacial score (nSPS) is 11.6. The Morgan fingerprint density at radius 2 is 2.12 bits per heavy atom. The lowest BCUT2D eigenvalue weighted by Gasteiger charge is -2.02. The largest absolute Gasteiger partial charge is 0.392 e. The molecule has 4 rings (SSSR count). The molecule has 0 amide bonds. The molecule has 26 heavy (non-hydrogen) atoms. The summed E-state index contributed by atoms with van der Waals surface area (Å²) in [5.74, 6) is -0.0847. The lowest BCUT2D eigenvalue weighted by Crippen LogP contribution is -1.94. The summed E-state index contributed by atoms with van der Waals surface area (Å²) in [5.41, 5.74) is 4.03. The minimum Gasteiger partial charge on any atom is -0.392 e. The van der Waals surface area contributed by atoms with Crippen molar-refractivity contribution < 1.29 is 9.90 Å². The molecule has 0 unspecified atom stereocenters. The van der Waals surface area contributed by atoms with Crippen LogP contribution in [0.25, 0.3) is 22.3 Å². The first-order valence-electron chi connectivity index (χ1n) is 8.20. The first-order valence-corrected chi connectivity index (χ1v) is 9.02. The van der Waals surface area contributed by atoms with Crippen LogP contribution in [0.1, 0.15) is 26.6 Å². The third-order valence-corrected chi connectivity index (χ3v) is 5.04. The molecule has 3 aromatic heterocycles. The maximum Gasteiger partial charge on any atom is 0.202 e. The summed E-state index contributed by atoms with van der Waals surface area (Å²) in [4.78, 5) is 22.0. The van der Waals surface area contributed by atoms with Gasteiger partial charge in [-0.15, -0.1) is 11.3 Å². The Balaban J connectivity index is 1.79. The van der Waals surface area contributed by atoms with Gasteiger partial charge in [0.05, 0.1) is 23.7 Å². The van der Waals surface area contributed by atoms with E-state index in [9.17, 15) is 9.90 Å². The molecule has 1 aromatic carbocycles. The van der Waals surface area contributed by atoms with Crippen molar-refractivity contribution in [1.29, 1.82) is 0 Å². The Morgan fingerprint density at radius 1 is 1.31 bits per heavy atom. The number of fused-ring (bicyclic) bond motifs is 1. The molecule has 0 aliphatic carbocycles. The lowest BCUT2D eigenvalue weighted by molar-refractivity contribution is 0.104. The van der Waals surface area contributed by atoms with Crippen molar-refractivity contribution in [3.63, 3.8) is 0 Å². The zero-order valence-corrected chi connectivity index (χ0v) is 15.0. The van der Waals surface area contributed by atoms with E-state index in [-0.39, 0.29) is 12.4 Å². The number of aryl methyl sites for hydroxylation is 1. The van der Waals surface area contributed by atoms with Crippen molar-refractivity contribution in [2.24, 2.45) is 0 Å². The van der Waals surface area contributed by atoms with Gasteiger partial charge >= 0.3 is 0 Å². The van der Waals surface area contributed by atoms with E-state index in [1.54, 1.807) is 35.7 Å². The molecule has 0 fully saturated rings. The lowest BCUT2D eigenvalue weighted by atomic mass is 10.1. The van der Waals surface area contributed by atoms with Crippen LogP contribution in [0.3, 0.4) is 0 Å². The molecule has 6 heteroatoms. The van der Waals surface area contributed by atoms with E-state index >= 15 is 0 Å². The van der Waals surface area contributed by atoms with Crippen LogP contribution < -0.4 is 0 Å². The molecule has 3 heterocycles. The summed E-state index contributed by atoms with van der Waals surface area (Å²) in [6, 6.07) is 11.2. The number of ketones is 1. The van der Waals surface area contributed by atoms with Gasteiger partial charge in [-0.2, -0.15) is 0 Å². The van der Waals surface area contributed by atoms with Crippen LogP contribution in [0.5, 0.6) is 0 Å². The highest BCUT2D eigenvalue weighted by Gasteiger charge is 2.14. The van der Waals surface area contributed by atoms with Gasteiger partial charge in [0.15, 0.2) is 4.96 Å². The Morgan fingerprint density at radius 3 is 2.81 bits per heavy atom. The molecule has 4 aromatic rings. The summed E-state index contributed by atoms with van der Waals surface area (Å²) >= 11 is 1.61. The zero-order chi connectivity index (χ0) is 18.1. The second-order valence-corrected chi connectivity index (χ2v) is 7.19. The first-order chi connectivity index (χ1) is 12.7. The Bertz CT molecular complexity index is 1090. The summed E-state index contributed by atoms with van der Waals surface area (Å²) in [6.07, 6.45) is 7.13. The van der Waals surface area contributed by atoms with E-state index in [4.69, 9.17) is 4.98 Å². The number of nitrogens with zero attached hydrogens (tertiary/aromatic N) is 2. The summed E-state index contributed by atoms with van der Waals surface area (Å²) in [7, 11) is 0. The smallest absolute Gasteiger partial charge is 0.202 e. The standard InChI is InChI=1S/C20H17N3O2S/c1-13-11-23-17(8-9-18(25)16-3-2-10-21-16)19(22-20(23)26-13)15-6-4-14(12-24)5-7-15/h2-11,21,24H,12H2,1H3/b9-8+. The predicted molar refractivity (Wildman–Crippen MR) is 103 cm³/mol. The van der Waals surface area contributed by atoms with Gasteiger partial charge in [-0.3, -0.25) is 9.20 Å². The molecule has 0 spiro atoms. The topological polar surface area (TPSA) is 70.4 Å². The number of hydrogen-bond donors (Lipinski definition) is 2. The van der Waals surface area contributed by atoms with Crippen molar-refractivity contribution in [2.45, 2.75) is 13.5 Å². The van der Waals surface area contributed by atoms with Crippen molar-refractivity contribution in [3.05, 3.63) is 76.7 Å². The van der Waals surface area contributed by atoms with Gasteiger partial charge in [0.2, 0.25) is 5.78 Å². The molecular weight excluding hydrogens is 346 g/mol. The zero-order valence-electron chi connectivity index (χ0n) is 14.1. The number of nitrogens with one attached hydrogen (secondary N) is 1. The number of aromatic nitrogens is 3. The maximum atomic E-state index is 12.3. The van der Waals surface area contributed by atoms with Crippen molar-refractivity contribution in [2.75, 3.05) is 0 Å². The highest BCUT2D eigenvalue weighted by Crippen LogP contribution is 2.29. The van der Waals surface area contributed by atoms with E-state index in [2.05, 4.69) is 4.98 Å². The second kappa shape index (κ2) is 6.74. The van der Waals surface area contributed by atoms with Gasteiger partial charge in [-0.05, 0) is 36.8 Å². The van der Waals surface area contributed by atoms with Crippen LogP contribution in [0.15, 0.2) is 54.9 Å². The number of aliphatic hydroxyl groups excluding tert-OH is 1. The fraction of sp³-hybridized carbons (Fsp3) is 0.100. The van der Waals surface area contributed by atoms with Gasteiger partial charge in [0.25, 0.3) is 0 Å². The summed E-state index contributed by atoms with van der Waals surface area (Å²) in [5, 5.41) is 9.23. The average Bonchev–Trinajstić information content (AvgIpc) is 3.36. The van der Waals surface area contributed by atoms with Crippen LogP contribution in [0.2, 0.25) is 0 Å². The van der Waals surface area contributed by atoms with Crippen LogP contribution in [-0.4, -0.2) is 25.3 Å². The number of H-pyrrole nitrogens is 1. The first kappa shape index (κ1) is 16.5. The number of carbonyl (C=O) groups excluding carboxylic acids is 1. The molecule has 5 nitrogen and oxygen atoms in total. The molecule has 0 aliphatic rings. The number of allylic oxidation sites excluding steroid dienone is 1. The number of carbonyl (C=O) groups is 1. The van der Waals surface area contributed by atoms with Crippen LogP contribution in [0, 0.1) is 6.92 Å². The molecule has 130 valence electrons. The third-order valence-electron chi connectivity index (χ3n) is 4.14. The molecule has 0 aliphatic heterocycles. The Hall–Kier alpha value is -2.96. The maximum absolute atomic E-state index is 12.3. The third kappa shape index (κ3) is 3.00. The van der Waals surface area contributed by atoms with Crippen LogP contribution in [0.4, 0.5) is 0 Å². The minimum atomic E-state index is -0.0847. The van der Waals surface area contributed by atoms with Gasteiger partial charge in [0, 0.05) is 22.8 Å². The van der Waals surface area contributed by atoms with Crippen molar-refractivity contribution in [1.82, 2.24) is 14.4 Å². The number of imidazole rings is 1. The quantitative estimate of drug-likeness (QED) is 0.414. The molecule has 0 radical (unpaired) electrons. The summed E-state index contributed by atoms with van der Waals surface area (Å²) < 4.78 is 2.01. The highest BCUT2D eigenvalue weighted by molar-refractivity contribution is 7.17. The Kier molecular flexibility index (Phi) is 4.28. The number of aliphatic hydroxyl groups is 1.